The fourth-order valence-electron chi connectivity index (χ4n) is 1.47. The fraction of sp³-hybridized carbons (Fsp3) is 0.778. The zero-order valence-electron chi connectivity index (χ0n) is 8.40. The second-order valence-corrected chi connectivity index (χ2v) is 4.11. The minimum absolute atomic E-state index is 0.217. The molecule has 1 aliphatic rings. The third-order valence-corrected chi connectivity index (χ3v) is 2.82. The summed E-state index contributed by atoms with van der Waals surface area (Å²) in [4.78, 5) is 15.4. The molecule has 1 aliphatic heterocycles. The Bertz CT molecular complexity index is 231. The van der Waals surface area contributed by atoms with Gasteiger partial charge in [0.2, 0.25) is 5.91 Å². The number of carbonyl (C=O) groups is 1. The van der Waals surface area contributed by atoms with Crippen LogP contribution in [0.4, 0.5) is 0 Å². The molecule has 0 atom stereocenters. The molecule has 0 aromatic heterocycles. The lowest BCUT2D eigenvalue weighted by Gasteiger charge is -2.33. The van der Waals surface area contributed by atoms with Crippen molar-refractivity contribution >= 4 is 17.7 Å². The molecule has 0 radical (unpaired) electrons. The molecule has 1 amide bonds. The summed E-state index contributed by atoms with van der Waals surface area (Å²) in [5, 5.41) is 8.50. The normalized spacial score (nSPS) is 17.9. The molecule has 78 valence electrons. The second kappa shape index (κ2) is 5.89. The van der Waals surface area contributed by atoms with Crippen LogP contribution in [-0.4, -0.2) is 60.4 Å². The van der Waals surface area contributed by atoms with Crippen molar-refractivity contribution in [2.24, 2.45) is 0 Å². The van der Waals surface area contributed by atoms with Gasteiger partial charge in [0.15, 0.2) is 0 Å². The van der Waals surface area contributed by atoms with E-state index < -0.39 is 0 Å². The number of piperazine rings is 1. The SMILES string of the molecule is CSCC(=O)N1CCN(CC#N)CC1. The zero-order valence-corrected chi connectivity index (χ0v) is 9.22. The summed E-state index contributed by atoms with van der Waals surface area (Å²) in [5.41, 5.74) is 0. The summed E-state index contributed by atoms with van der Waals surface area (Å²) in [7, 11) is 0. The molecule has 1 heterocycles. The molecule has 14 heavy (non-hydrogen) atoms. The summed E-state index contributed by atoms with van der Waals surface area (Å²) in [6, 6.07) is 2.12. The summed E-state index contributed by atoms with van der Waals surface area (Å²) in [6.07, 6.45) is 1.93. The first-order valence-electron chi connectivity index (χ1n) is 4.64. The maximum Gasteiger partial charge on any atom is 0.232 e. The Kier molecular flexibility index (Phi) is 4.77. The molecule has 1 saturated heterocycles. The van der Waals surface area contributed by atoms with Gasteiger partial charge in [-0.1, -0.05) is 0 Å². The molecule has 0 bridgehead atoms. The second-order valence-electron chi connectivity index (χ2n) is 3.25. The zero-order chi connectivity index (χ0) is 10.4. The number of nitrogens with zero attached hydrogens (tertiary/aromatic N) is 3. The number of carbonyl (C=O) groups excluding carboxylic acids is 1. The number of rotatable bonds is 3. The van der Waals surface area contributed by atoms with Crippen LogP contribution in [0.5, 0.6) is 0 Å². The molecule has 0 aliphatic carbocycles. The van der Waals surface area contributed by atoms with Gasteiger partial charge in [-0.15, -0.1) is 0 Å². The number of hydrogen-bond acceptors (Lipinski definition) is 4. The molecule has 0 N–H and O–H groups in total. The lowest BCUT2D eigenvalue weighted by molar-refractivity contribution is -0.129. The van der Waals surface area contributed by atoms with E-state index in [9.17, 15) is 4.79 Å². The van der Waals surface area contributed by atoms with Gasteiger partial charge in [-0.3, -0.25) is 9.69 Å². The molecule has 0 aromatic rings. The van der Waals surface area contributed by atoms with Crippen molar-refractivity contribution in [3.63, 3.8) is 0 Å². The Morgan fingerprint density at radius 1 is 1.43 bits per heavy atom. The third-order valence-electron chi connectivity index (χ3n) is 2.29. The summed E-state index contributed by atoms with van der Waals surface area (Å²) in [5.74, 6) is 0.784. The molecular weight excluding hydrogens is 198 g/mol. The van der Waals surface area contributed by atoms with Crippen molar-refractivity contribution in [2.45, 2.75) is 0 Å². The number of nitriles is 1. The Hall–Kier alpha value is -0.730. The summed E-state index contributed by atoms with van der Waals surface area (Å²) >= 11 is 1.56. The molecule has 0 spiro atoms. The quantitative estimate of drug-likeness (QED) is 0.620. The van der Waals surface area contributed by atoms with Gasteiger partial charge in [0, 0.05) is 26.2 Å². The Morgan fingerprint density at radius 2 is 2.07 bits per heavy atom. The van der Waals surface area contributed by atoms with Crippen LogP contribution in [-0.2, 0) is 4.79 Å². The average Bonchev–Trinajstić information content (AvgIpc) is 2.20. The maximum absolute atomic E-state index is 11.5. The van der Waals surface area contributed by atoms with E-state index in [1.807, 2.05) is 11.2 Å². The average molecular weight is 213 g/mol. The highest BCUT2D eigenvalue weighted by atomic mass is 32.2. The molecule has 1 fully saturated rings. The smallest absolute Gasteiger partial charge is 0.232 e. The van der Waals surface area contributed by atoms with Gasteiger partial charge >= 0.3 is 0 Å². The summed E-state index contributed by atoms with van der Waals surface area (Å²) in [6.45, 7) is 3.66. The lowest BCUT2D eigenvalue weighted by Crippen LogP contribution is -2.49. The highest BCUT2D eigenvalue weighted by Crippen LogP contribution is 2.04. The standard InChI is InChI=1S/C9H15N3OS/c1-14-8-9(13)12-6-4-11(3-2-10)5-7-12/h3-8H2,1H3. The van der Waals surface area contributed by atoms with Gasteiger partial charge in [0.25, 0.3) is 0 Å². The molecular formula is C9H15N3OS. The van der Waals surface area contributed by atoms with Gasteiger partial charge in [0.05, 0.1) is 18.4 Å². The third kappa shape index (κ3) is 3.20. The van der Waals surface area contributed by atoms with Gasteiger partial charge in [0.1, 0.15) is 0 Å². The van der Waals surface area contributed by atoms with E-state index in [0.717, 1.165) is 26.2 Å². The van der Waals surface area contributed by atoms with Crippen molar-refractivity contribution < 1.29 is 4.79 Å². The van der Waals surface area contributed by atoms with Gasteiger partial charge in [-0.25, -0.2) is 0 Å². The van der Waals surface area contributed by atoms with Crippen molar-refractivity contribution in [1.29, 1.82) is 5.26 Å². The predicted molar refractivity (Wildman–Crippen MR) is 57.0 cm³/mol. The van der Waals surface area contributed by atoms with Crippen LogP contribution in [0.1, 0.15) is 0 Å². The van der Waals surface area contributed by atoms with Crippen molar-refractivity contribution in [2.75, 3.05) is 44.7 Å². The van der Waals surface area contributed by atoms with Crippen LogP contribution >= 0.6 is 11.8 Å². The van der Waals surface area contributed by atoms with Crippen molar-refractivity contribution in [3.05, 3.63) is 0 Å². The van der Waals surface area contributed by atoms with Crippen LogP contribution < -0.4 is 0 Å². The minimum atomic E-state index is 0.217. The molecule has 0 aromatic carbocycles. The van der Waals surface area contributed by atoms with Gasteiger partial charge in [-0.2, -0.15) is 17.0 Å². The van der Waals surface area contributed by atoms with Crippen molar-refractivity contribution in [1.82, 2.24) is 9.80 Å². The van der Waals surface area contributed by atoms with Crippen LogP contribution in [0.2, 0.25) is 0 Å². The van der Waals surface area contributed by atoms with E-state index in [0.29, 0.717) is 12.3 Å². The first-order valence-corrected chi connectivity index (χ1v) is 6.03. The maximum atomic E-state index is 11.5. The molecule has 1 rings (SSSR count). The van der Waals surface area contributed by atoms with E-state index in [1.165, 1.54) is 0 Å². The number of hydrogen-bond donors (Lipinski definition) is 0. The van der Waals surface area contributed by atoms with Crippen LogP contribution in [0.15, 0.2) is 0 Å². The van der Waals surface area contributed by atoms with E-state index in [4.69, 9.17) is 5.26 Å². The Labute approximate surface area is 88.8 Å². The lowest BCUT2D eigenvalue weighted by atomic mass is 10.3. The number of thioether (sulfide) groups is 1. The highest BCUT2D eigenvalue weighted by molar-refractivity contribution is 7.99. The predicted octanol–water partition coefficient (Wildman–Crippen LogP) is 0.0172. The van der Waals surface area contributed by atoms with Gasteiger partial charge < -0.3 is 4.90 Å². The number of amides is 1. The fourth-order valence-corrected chi connectivity index (χ4v) is 1.90. The van der Waals surface area contributed by atoms with Crippen LogP contribution in [0.3, 0.4) is 0 Å². The van der Waals surface area contributed by atoms with E-state index in [1.54, 1.807) is 11.8 Å². The molecule has 0 unspecified atom stereocenters. The van der Waals surface area contributed by atoms with Crippen LogP contribution in [0, 0.1) is 11.3 Å². The summed E-state index contributed by atoms with van der Waals surface area (Å²) < 4.78 is 0. The van der Waals surface area contributed by atoms with E-state index >= 15 is 0 Å². The van der Waals surface area contributed by atoms with E-state index in [-0.39, 0.29) is 5.91 Å². The Balaban J connectivity index is 2.28. The van der Waals surface area contributed by atoms with E-state index in [2.05, 4.69) is 11.0 Å². The largest absolute Gasteiger partial charge is 0.339 e. The highest BCUT2D eigenvalue weighted by Gasteiger charge is 2.19. The molecule has 5 heteroatoms. The Morgan fingerprint density at radius 3 is 2.57 bits per heavy atom. The molecule has 0 saturated carbocycles. The van der Waals surface area contributed by atoms with Crippen LogP contribution in [0.25, 0.3) is 0 Å². The topological polar surface area (TPSA) is 47.3 Å². The monoisotopic (exact) mass is 213 g/mol. The minimum Gasteiger partial charge on any atom is -0.339 e. The van der Waals surface area contributed by atoms with Crippen molar-refractivity contribution in [3.8, 4) is 6.07 Å². The molecule has 4 nitrogen and oxygen atoms in total. The first-order chi connectivity index (χ1) is 6.77. The first kappa shape index (κ1) is 11.3. The van der Waals surface area contributed by atoms with Gasteiger partial charge in [-0.05, 0) is 6.26 Å².